The fraction of sp³-hybridized carbons (Fsp3) is 0.933. The van der Waals surface area contributed by atoms with Gasteiger partial charge in [0.1, 0.15) is 6.04 Å². The average molecular weight is 282 g/mol. The molecule has 3 fully saturated rings. The maximum atomic E-state index is 11.6. The van der Waals surface area contributed by atoms with Gasteiger partial charge in [-0.3, -0.25) is 14.6 Å². The quantitative estimate of drug-likeness (QED) is 0.816. The number of hydrogen-bond acceptors (Lipinski definition) is 4. The summed E-state index contributed by atoms with van der Waals surface area (Å²) in [5.74, 6) is -0.209. The zero-order valence-electron chi connectivity index (χ0n) is 12.2. The smallest absolute Gasteiger partial charge is 0.321 e. The van der Waals surface area contributed by atoms with Gasteiger partial charge in [0.2, 0.25) is 0 Å². The van der Waals surface area contributed by atoms with Crippen molar-refractivity contribution >= 4 is 5.97 Å². The van der Waals surface area contributed by atoms with Gasteiger partial charge in [-0.25, -0.2) is 0 Å². The van der Waals surface area contributed by atoms with E-state index in [0.717, 1.165) is 65.1 Å². The molecule has 3 aliphatic rings. The molecule has 1 N–H and O–H groups in total. The maximum absolute atomic E-state index is 11.6. The molecule has 2 heterocycles. The first-order valence-corrected chi connectivity index (χ1v) is 8.04. The van der Waals surface area contributed by atoms with Crippen molar-refractivity contribution in [1.82, 2.24) is 9.80 Å². The standard InChI is InChI=1S/C15H26N2O3/c18-15(19)14(12-4-5-12)17-6-2-1-3-13(17)11-16-7-9-20-10-8-16/h12-14H,1-11H2,(H,18,19). The van der Waals surface area contributed by atoms with Gasteiger partial charge in [0.15, 0.2) is 0 Å². The third kappa shape index (κ3) is 3.32. The third-order valence-electron chi connectivity index (χ3n) is 4.92. The molecule has 5 heteroatoms. The molecule has 5 nitrogen and oxygen atoms in total. The van der Waals surface area contributed by atoms with Gasteiger partial charge in [0.05, 0.1) is 13.2 Å². The molecule has 3 rings (SSSR count). The van der Waals surface area contributed by atoms with Crippen molar-refractivity contribution in [3.05, 3.63) is 0 Å². The summed E-state index contributed by atoms with van der Waals surface area (Å²) in [4.78, 5) is 16.4. The number of piperidine rings is 1. The van der Waals surface area contributed by atoms with Crippen LogP contribution in [0, 0.1) is 5.92 Å². The Labute approximate surface area is 120 Å². The Balaban J connectivity index is 1.64. The molecule has 0 bridgehead atoms. The fourth-order valence-corrected chi connectivity index (χ4v) is 3.69. The lowest BCUT2D eigenvalue weighted by Crippen LogP contribution is -2.55. The highest BCUT2D eigenvalue weighted by Crippen LogP contribution is 2.38. The van der Waals surface area contributed by atoms with Gasteiger partial charge in [-0.15, -0.1) is 0 Å². The number of likely N-dealkylation sites (tertiary alicyclic amines) is 1. The molecular weight excluding hydrogens is 256 g/mol. The molecule has 0 spiro atoms. The van der Waals surface area contributed by atoms with Crippen LogP contribution >= 0.6 is 0 Å². The van der Waals surface area contributed by atoms with Crippen LogP contribution < -0.4 is 0 Å². The Morgan fingerprint density at radius 2 is 1.90 bits per heavy atom. The van der Waals surface area contributed by atoms with Crippen LogP contribution in [-0.4, -0.2) is 72.4 Å². The first-order chi connectivity index (χ1) is 9.75. The Morgan fingerprint density at radius 1 is 1.15 bits per heavy atom. The predicted molar refractivity (Wildman–Crippen MR) is 75.8 cm³/mol. The molecule has 20 heavy (non-hydrogen) atoms. The van der Waals surface area contributed by atoms with E-state index in [9.17, 15) is 9.90 Å². The highest BCUT2D eigenvalue weighted by atomic mass is 16.5. The van der Waals surface area contributed by atoms with Crippen molar-refractivity contribution in [2.75, 3.05) is 39.4 Å². The zero-order chi connectivity index (χ0) is 13.9. The van der Waals surface area contributed by atoms with Crippen molar-refractivity contribution in [3.63, 3.8) is 0 Å². The highest BCUT2D eigenvalue weighted by Gasteiger charge is 2.43. The number of carboxylic acids is 1. The second-order valence-electron chi connectivity index (χ2n) is 6.42. The molecule has 0 amide bonds. The van der Waals surface area contributed by atoms with Crippen molar-refractivity contribution in [2.45, 2.75) is 44.2 Å². The SMILES string of the molecule is O=C(O)C(C1CC1)N1CCCCC1CN1CCOCC1. The largest absolute Gasteiger partial charge is 0.480 e. The molecule has 0 radical (unpaired) electrons. The predicted octanol–water partition coefficient (Wildman–Crippen LogP) is 1.04. The maximum Gasteiger partial charge on any atom is 0.321 e. The third-order valence-corrected chi connectivity index (χ3v) is 4.92. The Kier molecular flexibility index (Phi) is 4.58. The van der Waals surface area contributed by atoms with Crippen molar-refractivity contribution < 1.29 is 14.6 Å². The number of ether oxygens (including phenoxy) is 1. The molecule has 0 aromatic rings. The summed E-state index contributed by atoms with van der Waals surface area (Å²) in [6.07, 6.45) is 5.72. The van der Waals surface area contributed by atoms with Gasteiger partial charge in [0.25, 0.3) is 0 Å². The number of rotatable bonds is 5. The van der Waals surface area contributed by atoms with Crippen molar-refractivity contribution in [3.8, 4) is 0 Å². The minimum Gasteiger partial charge on any atom is -0.480 e. The van der Waals surface area contributed by atoms with Crippen LogP contribution in [0.15, 0.2) is 0 Å². The van der Waals surface area contributed by atoms with E-state index in [2.05, 4.69) is 9.80 Å². The monoisotopic (exact) mass is 282 g/mol. The molecule has 114 valence electrons. The lowest BCUT2D eigenvalue weighted by atomic mass is 9.97. The summed E-state index contributed by atoms with van der Waals surface area (Å²) < 4.78 is 5.40. The summed E-state index contributed by atoms with van der Waals surface area (Å²) in [5, 5.41) is 9.58. The number of carboxylic acid groups (broad SMARTS) is 1. The molecule has 0 aromatic heterocycles. The average Bonchev–Trinajstić information content (AvgIpc) is 3.26. The molecule has 2 saturated heterocycles. The van der Waals surface area contributed by atoms with E-state index >= 15 is 0 Å². The highest BCUT2D eigenvalue weighted by molar-refractivity contribution is 5.74. The van der Waals surface area contributed by atoms with Gasteiger partial charge in [-0.05, 0) is 38.1 Å². The Bertz CT molecular complexity index is 340. The lowest BCUT2D eigenvalue weighted by molar-refractivity contribution is -0.146. The van der Waals surface area contributed by atoms with E-state index in [-0.39, 0.29) is 6.04 Å². The minimum atomic E-state index is -0.610. The summed E-state index contributed by atoms with van der Waals surface area (Å²) in [5.41, 5.74) is 0. The van der Waals surface area contributed by atoms with Crippen LogP contribution in [0.3, 0.4) is 0 Å². The molecular formula is C15H26N2O3. The minimum absolute atomic E-state index is 0.235. The van der Waals surface area contributed by atoms with E-state index in [0.29, 0.717) is 12.0 Å². The van der Waals surface area contributed by atoms with Crippen LogP contribution in [-0.2, 0) is 9.53 Å². The number of aliphatic carboxylic acids is 1. The van der Waals surface area contributed by atoms with Gasteiger partial charge in [0, 0.05) is 25.7 Å². The van der Waals surface area contributed by atoms with Crippen LogP contribution in [0.4, 0.5) is 0 Å². The number of carbonyl (C=O) groups is 1. The summed E-state index contributed by atoms with van der Waals surface area (Å²) in [6, 6.07) is 0.185. The van der Waals surface area contributed by atoms with Gasteiger partial charge in [-0.1, -0.05) is 6.42 Å². The van der Waals surface area contributed by atoms with E-state index in [1.165, 1.54) is 6.42 Å². The van der Waals surface area contributed by atoms with Crippen LogP contribution in [0.1, 0.15) is 32.1 Å². The van der Waals surface area contributed by atoms with Crippen molar-refractivity contribution in [1.29, 1.82) is 0 Å². The molecule has 0 aromatic carbocycles. The second-order valence-corrected chi connectivity index (χ2v) is 6.42. The van der Waals surface area contributed by atoms with E-state index in [4.69, 9.17) is 4.74 Å². The van der Waals surface area contributed by atoms with Crippen molar-refractivity contribution in [2.24, 2.45) is 5.92 Å². The van der Waals surface area contributed by atoms with Crippen LogP contribution in [0.5, 0.6) is 0 Å². The van der Waals surface area contributed by atoms with Crippen LogP contribution in [0.2, 0.25) is 0 Å². The molecule has 2 atom stereocenters. The molecule has 2 aliphatic heterocycles. The molecule has 1 aliphatic carbocycles. The Morgan fingerprint density at radius 3 is 2.55 bits per heavy atom. The van der Waals surface area contributed by atoms with Gasteiger partial charge < -0.3 is 9.84 Å². The van der Waals surface area contributed by atoms with E-state index in [1.54, 1.807) is 0 Å². The Hall–Kier alpha value is -0.650. The summed E-state index contributed by atoms with van der Waals surface area (Å²) >= 11 is 0. The lowest BCUT2D eigenvalue weighted by Gasteiger charge is -2.42. The van der Waals surface area contributed by atoms with E-state index < -0.39 is 5.97 Å². The number of nitrogens with zero attached hydrogens (tertiary/aromatic N) is 2. The number of hydrogen-bond donors (Lipinski definition) is 1. The molecule has 1 saturated carbocycles. The fourth-order valence-electron chi connectivity index (χ4n) is 3.69. The first kappa shape index (κ1) is 14.3. The summed E-state index contributed by atoms with van der Waals surface area (Å²) in [7, 11) is 0. The normalized spacial score (nSPS) is 31.1. The second kappa shape index (κ2) is 6.41. The van der Waals surface area contributed by atoms with Crippen LogP contribution in [0.25, 0.3) is 0 Å². The molecule has 2 unspecified atom stereocenters. The first-order valence-electron chi connectivity index (χ1n) is 8.04. The summed E-state index contributed by atoms with van der Waals surface area (Å²) in [6.45, 7) is 5.59. The number of morpholine rings is 1. The zero-order valence-corrected chi connectivity index (χ0v) is 12.2. The van der Waals surface area contributed by atoms with Gasteiger partial charge in [-0.2, -0.15) is 0 Å². The van der Waals surface area contributed by atoms with E-state index in [1.807, 2.05) is 0 Å². The topological polar surface area (TPSA) is 53.0 Å². The van der Waals surface area contributed by atoms with Gasteiger partial charge >= 0.3 is 5.97 Å².